The lowest BCUT2D eigenvalue weighted by Crippen LogP contribution is -2.03. The molecule has 0 unspecified atom stereocenters. The van der Waals surface area contributed by atoms with Crippen LogP contribution in [0.25, 0.3) is 5.69 Å². The highest BCUT2D eigenvalue weighted by molar-refractivity contribution is 5.40. The number of aliphatic hydroxyl groups is 1. The first-order valence-electron chi connectivity index (χ1n) is 5.44. The van der Waals surface area contributed by atoms with Gasteiger partial charge in [-0.1, -0.05) is 23.4 Å². The fourth-order valence-electron chi connectivity index (χ4n) is 1.65. The molecular formula is C12H15N3O2. The molecule has 0 bridgehead atoms. The molecule has 90 valence electrons. The van der Waals surface area contributed by atoms with Gasteiger partial charge in [-0.15, -0.1) is 5.10 Å². The number of ether oxygens (including phenoxy) is 1. The Bertz CT molecular complexity index is 482. The predicted molar refractivity (Wildman–Crippen MR) is 62.9 cm³/mol. The number of aliphatic hydroxyl groups excluding tert-OH is 1. The molecule has 1 N–H and O–H groups in total. The highest BCUT2D eigenvalue weighted by atomic mass is 16.5. The zero-order valence-corrected chi connectivity index (χ0v) is 9.71. The summed E-state index contributed by atoms with van der Waals surface area (Å²) in [5, 5.41) is 16.8. The number of hydrogen-bond acceptors (Lipinski definition) is 4. The number of para-hydroxylation sites is 1. The fraction of sp³-hybridized carbons (Fsp3) is 0.333. The lowest BCUT2D eigenvalue weighted by atomic mass is 10.1. The average Bonchev–Trinajstić information content (AvgIpc) is 2.85. The first kappa shape index (κ1) is 11.8. The smallest absolute Gasteiger partial charge is 0.109 e. The molecule has 5 nitrogen and oxygen atoms in total. The highest BCUT2D eigenvalue weighted by Gasteiger charge is 2.06. The van der Waals surface area contributed by atoms with Crippen molar-refractivity contribution in [2.24, 2.45) is 0 Å². The maximum atomic E-state index is 8.97. The predicted octanol–water partition coefficient (Wildman–Crippen LogP) is 0.948. The Labute approximate surface area is 99.7 Å². The Kier molecular flexibility index (Phi) is 3.85. The van der Waals surface area contributed by atoms with E-state index >= 15 is 0 Å². The lowest BCUT2D eigenvalue weighted by molar-refractivity contribution is 0.202. The molecule has 0 saturated heterocycles. The summed E-state index contributed by atoms with van der Waals surface area (Å²) in [7, 11) is 1.68. The van der Waals surface area contributed by atoms with E-state index in [1.807, 2.05) is 24.3 Å². The van der Waals surface area contributed by atoms with Gasteiger partial charge < -0.3 is 9.84 Å². The summed E-state index contributed by atoms with van der Waals surface area (Å²) in [6, 6.07) is 7.94. The van der Waals surface area contributed by atoms with E-state index in [0.717, 1.165) is 17.7 Å². The van der Waals surface area contributed by atoms with Crippen molar-refractivity contribution in [3.8, 4) is 5.69 Å². The second-order valence-corrected chi connectivity index (χ2v) is 3.68. The molecule has 0 aliphatic heterocycles. The van der Waals surface area contributed by atoms with Crippen LogP contribution in [0.1, 0.15) is 11.3 Å². The number of methoxy groups -OCH3 is 1. The molecule has 2 aromatic rings. The fourth-order valence-corrected chi connectivity index (χ4v) is 1.65. The minimum atomic E-state index is -0.0970. The first-order chi connectivity index (χ1) is 8.35. The van der Waals surface area contributed by atoms with Gasteiger partial charge in [-0.05, 0) is 18.1 Å². The Morgan fingerprint density at radius 2 is 2.18 bits per heavy atom. The van der Waals surface area contributed by atoms with Gasteiger partial charge >= 0.3 is 0 Å². The lowest BCUT2D eigenvalue weighted by Gasteiger charge is -2.07. The molecule has 17 heavy (non-hydrogen) atoms. The summed E-state index contributed by atoms with van der Waals surface area (Å²) in [4.78, 5) is 0. The van der Waals surface area contributed by atoms with E-state index in [1.165, 1.54) is 0 Å². The molecule has 0 fully saturated rings. The quantitative estimate of drug-likeness (QED) is 0.835. The molecule has 0 atom stereocenters. The Morgan fingerprint density at radius 1 is 1.35 bits per heavy atom. The van der Waals surface area contributed by atoms with Crippen LogP contribution < -0.4 is 0 Å². The summed E-state index contributed by atoms with van der Waals surface area (Å²) in [5.74, 6) is 0. The molecule has 1 heterocycles. The summed E-state index contributed by atoms with van der Waals surface area (Å²) in [6.07, 6.45) is 2.55. The zero-order valence-electron chi connectivity index (χ0n) is 9.71. The van der Waals surface area contributed by atoms with Crippen molar-refractivity contribution < 1.29 is 9.84 Å². The molecule has 0 amide bonds. The molecule has 0 saturated carbocycles. The van der Waals surface area contributed by atoms with Gasteiger partial charge in [0.2, 0.25) is 0 Å². The minimum absolute atomic E-state index is 0.0970. The van der Waals surface area contributed by atoms with Gasteiger partial charge in [0.1, 0.15) is 5.69 Å². The largest absolute Gasteiger partial charge is 0.390 e. The van der Waals surface area contributed by atoms with Crippen LogP contribution in [-0.2, 0) is 17.8 Å². The standard InChI is InChI=1S/C12H15N3O2/c1-17-7-6-10-4-2-3-5-12(10)15-8-11(9-16)13-14-15/h2-5,8,16H,6-7,9H2,1H3. The van der Waals surface area contributed by atoms with Gasteiger partial charge in [0.25, 0.3) is 0 Å². The Balaban J connectivity index is 2.30. The van der Waals surface area contributed by atoms with Crippen molar-refractivity contribution in [2.45, 2.75) is 13.0 Å². The van der Waals surface area contributed by atoms with Crippen LogP contribution in [0.5, 0.6) is 0 Å². The second kappa shape index (κ2) is 5.56. The van der Waals surface area contributed by atoms with E-state index in [9.17, 15) is 0 Å². The third-order valence-corrected chi connectivity index (χ3v) is 2.52. The van der Waals surface area contributed by atoms with Crippen LogP contribution in [0.15, 0.2) is 30.5 Å². The summed E-state index contributed by atoms with van der Waals surface area (Å²) < 4.78 is 6.75. The number of nitrogens with zero attached hydrogens (tertiary/aromatic N) is 3. The van der Waals surface area contributed by atoms with Gasteiger partial charge in [-0.2, -0.15) is 0 Å². The average molecular weight is 233 g/mol. The van der Waals surface area contributed by atoms with Crippen LogP contribution in [0, 0.1) is 0 Å². The van der Waals surface area contributed by atoms with Crippen molar-refractivity contribution in [2.75, 3.05) is 13.7 Å². The van der Waals surface area contributed by atoms with E-state index in [1.54, 1.807) is 18.0 Å². The first-order valence-corrected chi connectivity index (χ1v) is 5.44. The zero-order chi connectivity index (χ0) is 12.1. The van der Waals surface area contributed by atoms with E-state index in [4.69, 9.17) is 9.84 Å². The SMILES string of the molecule is COCCc1ccccc1-n1cc(CO)nn1. The second-order valence-electron chi connectivity index (χ2n) is 3.68. The van der Waals surface area contributed by atoms with Gasteiger partial charge in [0.05, 0.1) is 25.1 Å². The summed E-state index contributed by atoms with van der Waals surface area (Å²) >= 11 is 0. The number of benzene rings is 1. The van der Waals surface area contributed by atoms with Crippen LogP contribution in [0.2, 0.25) is 0 Å². The highest BCUT2D eigenvalue weighted by Crippen LogP contribution is 2.14. The monoisotopic (exact) mass is 233 g/mol. The number of aromatic nitrogens is 3. The Morgan fingerprint density at radius 3 is 2.88 bits per heavy atom. The topological polar surface area (TPSA) is 60.2 Å². The third kappa shape index (κ3) is 2.69. The maximum Gasteiger partial charge on any atom is 0.109 e. The molecule has 1 aromatic heterocycles. The third-order valence-electron chi connectivity index (χ3n) is 2.52. The molecule has 0 spiro atoms. The number of hydrogen-bond donors (Lipinski definition) is 1. The summed E-state index contributed by atoms with van der Waals surface area (Å²) in [5.41, 5.74) is 2.67. The van der Waals surface area contributed by atoms with E-state index < -0.39 is 0 Å². The Hall–Kier alpha value is -1.72. The maximum absolute atomic E-state index is 8.97. The summed E-state index contributed by atoms with van der Waals surface area (Å²) in [6.45, 7) is 0.568. The van der Waals surface area contributed by atoms with Crippen molar-refractivity contribution in [1.82, 2.24) is 15.0 Å². The molecule has 1 aromatic carbocycles. The minimum Gasteiger partial charge on any atom is -0.390 e. The van der Waals surface area contributed by atoms with Gasteiger partial charge in [0, 0.05) is 7.11 Å². The van der Waals surface area contributed by atoms with E-state index in [0.29, 0.717) is 12.3 Å². The molecule has 0 radical (unpaired) electrons. The van der Waals surface area contributed by atoms with E-state index in [2.05, 4.69) is 10.3 Å². The van der Waals surface area contributed by atoms with Gasteiger partial charge in [-0.25, -0.2) is 4.68 Å². The van der Waals surface area contributed by atoms with Crippen LogP contribution in [-0.4, -0.2) is 33.8 Å². The molecule has 5 heteroatoms. The van der Waals surface area contributed by atoms with Crippen molar-refractivity contribution in [1.29, 1.82) is 0 Å². The van der Waals surface area contributed by atoms with Crippen LogP contribution in [0.4, 0.5) is 0 Å². The number of rotatable bonds is 5. The van der Waals surface area contributed by atoms with Crippen molar-refractivity contribution >= 4 is 0 Å². The van der Waals surface area contributed by atoms with Gasteiger partial charge in [-0.3, -0.25) is 0 Å². The molecular weight excluding hydrogens is 218 g/mol. The van der Waals surface area contributed by atoms with E-state index in [-0.39, 0.29) is 6.61 Å². The van der Waals surface area contributed by atoms with Crippen LogP contribution in [0.3, 0.4) is 0 Å². The normalized spacial score (nSPS) is 10.7. The van der Waals surface area contributed by atoms with Crippen LogP contribution >= 0.6 is 0 Å². The molecule has 0 aliphatic rings. The van der Waals surface area contributed by atoms with Crippen molar-refractivity contribution in [3.63, 3.8) is 0 Å². The molecule has 0 aliphatic carbocycles. The van der Waals surface area contributed by atoms with Crippen molar-refractivity contribution in [3.05, 3.63) is 41.7 Å². The van der Waals surface area contributed by atoms with Gasteiger partial charge in [0.15, 0.2) is 0 Å². The molecule has 2 rings (SSSR count).